The zero-order chi connectivity index (χ0) is 21.2. The predicted octanol–water partition coefficient (Wildman–Crippen LogP) is -0.739. The number of benzene rings is 2. The third-order valence-electron chi connectivity index (χ3n) is 4.30. The van der Waals surface area contributed by atoms with Gasteiger partial charge in [0.15, 0.2) is 23.0 Å². The van der Waals surface area contributed by atoms with Crippen LogP contribution in [0.4, 0.5) is 0 Å². The van der Waals surface area contributed by atoms with E-state index in [0.29, 0.717) is 47.3 Å². The van der Waals surface area contributed by atoms with Gasteiger partial charge in [-0.3, -0.25) is 22.3 Å². The van der Waals surface area contributed by atoms with Gasteiger partial charge in [-0.15, -0.1) is 0 Å². The lowest BCUT2D eigenvalue weighted by Crippen LogP contribution is -2.46. The summed E-state index contributed by atoms with van der Waals surface area (Å²) in [6, 6.07) is 10.7. The summed E-state index contributed by atoms with van der Waals surface area (Å²) >= 11 is 0. The fourth-order valence-corrected chi connectivity index (χ4v) is 2.68. The summed E-state index contributed by atoms with van der Waals surface area (Å²) in [5.41, 5.74) is 12.6. The molecule has 0 aliphatic heterocycles. The summed E-state index contributed by atoms with van der Waals surface area (Å²) in [7, 11) is 3.16. The highest BCUT2D eigenvalue weighted by Gasteiger charge is 2.11. The van der Waals surface area contributed by atoms with Crippen LogP contribution in [0.25, 0.3) is 0 Å². The highest BCUT2D eigenvalue weighted by molar-refractivity contribution is 5.93. The maximum atomic E-state index is 5.80. The first-order valence-electron chi connectivity index (χ1n) is 9.34. The van der Waals surface area contributed by atoms with Crippen LogP contribution in [0.1, 0.15) is 30.4 Å². The van der Waals surface area contributed by atoms with Gasteiger partial charge in [0, 0.05) is 0 Å². The zero-order valence-electron chi connectivity index (χ0n) is 16.9. The van der Waals surface area contributed by atoms with Gasteiger partial charge in [-0.25, -0.2) is 0 Å². The smallest absolute Gasteiger partial charge is 0.270 e. The Kier molecular flexibility index (Phi) is 8.14. The summed E-state index contributed by atoms with van der Waals surface area (Å²) < 4.78 is 22.2. The molecule has 2 aromatic rings. The minimum absolute atomic E-state index is 0.241. The Morgan fingerprint density at radius 2 is 1.10 bits per heavy atom. The van der Waals surface area contributed by atoms with Gasteiger partial charge in [0.1, 0.15) is 0 Å². The molecule has 0 saturated carbocycles. The van der Waals surface area contributed by atoms with Crippen molar-refractivity contribution >= 4 is 11.7 Å². The van der Waals surface area contributed by atoms with Crippen molar-refractivity contribution < 1.29 is 29.8 Å². The summed E-state index contributed by atoms with van der Waals surface area (Å²) in [5, 5.41) is 11.2. The largest absolute Gasteiger partial charge is 0.493 e. The Bertz CT molecular complexity index is 785. The van der Waals surface area contributed by atoms with E-state index in [9.17, 15) is 0 Å². The maximum absolute atomic E-state index is 5.80. The number of hydrogen-bond acceptors (Lipinski definition) is 4. The molecule has 0 saturated heterocycles. The summed E-state index contributed by atoms with van der Waals surface area (Å²) in [4.78, 5) is 0. The van der Waals surface area contributed by atoms with Crippen LogP contribution in [0.3, 0.4) is 0 Å². The number of ether oxygens (including phenoxy) is 4. The van der Waals surface area contributed by atoms with Crippen molar-refractivity contribution in [1.82, 2.24) is 0 Å². The van der Waals surface area contributed by atoms with Gasteiger partial charge in [-0.1, -0.05) is 0 Å². The first-order valence-corrected chi connectivity index (χ1v) is 9.34. The van der Waals surface area contributed by atoms with Crippen molar-refractivity contribution in [2.24, 2.45) is 11.5 Å². The molecular weight excluding hydrogens is 372 g/mol. The molecule has 8 N–H and O–H groups in total. The van der Waals surface area contributed by atoms with E-state index in [1.807, 2.05) is 0 Å². The summed E-state index contributed by atoms with van der Waals surface area (Å²) in [6.45, 7) is 1.14. The Labute approximate surface area is 170 Å². The van der Waals surface area contributed by atoms with E-state index >= 15 is 0 Å². The molecule has 0 radical (unpaired) electrons. The van der Waals surface area contributed by atoms with Crippen molar-refractivity contribution in [1.29, 1.82) is 0 Å². The molecule has 156 valence electrons. The molecule has 2 rings (SSSR count). The fraction of sp³-hybridized carbons (Fsp3) is 0.333. The second-order valence-corrected chi connectivity index (χ2v) is 6.40. The van der Waals surface area contributed by atoms with Gasteiger partial charge in [0.2, 0.25) is 0 Å². The van der Waals surface area contributed by atoms with Gasteiger partial charge in [-0.05, 0) is 55.7 Å². The molecule has 0 bridgehead atoms. The summed E-state index contributed by atoms with van der Waals surface area (Å²) in [6.07, 6.45) is 2.72. The van der Waals surface area contributed by atoms with Crippen molar-refractivity contribution in [3.63, 3.8) is 0 Å². The van der Waals surface area contributed by atoms with E-state index in [0.717, 1.165) is 19.3 Å². The van der Waals surface area contributed by atoms with Crippen molar-refractivity contribution in [3.8, 4) is 23.0 Å². The van der Waals surface area contributed by atoms with Gasteiger partial charge >= 0.3 is 0 Å². The maximum Gasteiger partial charge on any atom is 0.270 e. The van der Waals surface area contributed by atoms with Crippen LogP contribution in [0.5, 0.6) is 23.0 Å². The second kappa shape index (κ2) is 10.8. The van der Waals surface area contributed by atoms with Gasteiger partial charge in [0.25, 0.3) is 11.7 Å². The Morgan fingerprint density at radius 1 is 0.690 bits per heavy atom. The van der Waals surface area contributed by atoms with Crippen molar-refractivity contribution in [3.05, 3.63) is 47.5 Å². The average Bonchev–Trinajstić information content (AvgIpc) is 2.72. The topological polar surface area (TPSA) is 140 Å². The van der Waals surface area contributed by atoms with Crippen LogP contribution in [0, 0.1) is 0 Å². The van der Waals surface area contributed by atoms with Crippen LogP contribution < -0.4 is 41.2 Å². The SMILES string of the molecule is COc1cc(C(N)=[NH2+])ccc1OCCCCCOc1ccc(C(N)=[NH2+])cc1OC. The van der Waals surface area contributed by atoms with Crippen LogP contribution >= 0.6 is 0 Å². The first kappa shape index (κ1) is 21.9. The highest BCUT2D eigenvalue weighted by Crippen LogP contribution is 2.29. The third-order valence-corrected chi connectivity index (χ3v) is 4.30. The molecule has 0 aliphatic carbocycles. The monoisotopic (exact) mass is 402 g/mol. The lowest BCUT2D eigenvalue weighted by Gasteiger charge is -2.12. The molecule has 2 aromatic carbocycles. The number of rotatable bonds is 12. The Morgan fingerprint density at radius 3 is 1.45 bits per heavy atom. The lowest BCUT2D eigenvalue weighted by atomic mass is 10.2. The van der Waals surface area contributed by atoms with Crippen molar-refractivity contribution in [2.45, 2.75) is 19.3 Å². The Balaban J connectivity index is 1.73. The van der Waals surface area contributed by atoms with E-state index in [2.05, 4.69) is 0 Å². The van der Waals surface area contributed by atoms with E-state index in [4.69, 9.17) is 41.2 Å². The molecule has 8 heteroatoms. The molecule has 29 heavy (non-hydrogen) atoms. The van der Waals surface area contributed by atoms with Gasteiger partial charge in [0.05, 0.1) is 38.6 Å². The molecule has 0 heterocycles. The normalized spacial score (nSPS) is 10.3. The molecule has 0 aliphatic rings. The molecule has 0 aromatic heterocycles. The van der Waals surface area contributed by atoms with Gasteiger partial charge < -0.3 is 18.9 Å². The number of unbranched alkanes of at least 4 members (excludes halogenated alkanes) is 2. The van der Waals surface area contributed by atoms with E-state index < -0.39 is 0 Å². The minimum atomic E-state index is 0.241. The molecule has 0 spiro atoms. The molecule has 0 fully saturated rings. The van der Waals surface area contributed by atoms with E-state index in [1.165, 1.54) is 0 Å². The number of hydrogen-bond donors (Lipinski definition) is 4. The van der Waals surface area contributed by atoms with Gasteiger partial charge in [-0.2, -0.15) is 0 Å². The highest BCUT2D eigenvalue weighted by atomic mass is 16.5. The molecule has 0 amide bonds. The first-order chi connectivity index (χ1) is 14.0. The van der Waals surface area contributed by atoms with Crippen molar-refractivity contribution in [2.75, 3.05) is 27.4 Å². The van der Waals surface area contributed by atoms with Crippen LogP contribution in [-0.2, 0) is 0 Å². The molecule has 0 atom stereocenters. The van der Waals surface area contributed by atoms with E-state index in [-0.39, 0.29) is 11.7 Å². The standard InChI is InChI=1S/C21H28N4O4/c1-26-18-12-14(20(22)23)6-8-16(18)28-10-4-3-5-11-29-17-9-7-15(21(24)25)13-19(17)27-2/h6-9,12-13H,3-5,10-11H2,1-2H3,(H3,22,23)(H3,24,25)/p+2. The molecule has 8 nitrogen and oxygen atoms in total. The predicted molar refractivity (Wildman–Crippen MR) is 111 cm³/mol. The number of nitrogens with two attached hydrogens (primary N) is 4. The number of methoxy groups -OCH3 is 2. The zero-order valence-corrected chi connectivity index (χ0v) is 16.9. The molecular formula is C21H30N4O4+2. The third kappa shape index (κ3) is 6.31. The van der Waals surface area contributed by atoms with Crippen LogP contribution in [0.15, 0.2) is 36.4 Å². The lowest BCUT2D eigenvalue weighted by molar-refractivity contribution is -0.115. The summed E-state index contributed by atoms with van der Waals surface area (Å²) in [5.74, 6) is 3.01. The van der Waals surface area contributed by atoms with Crippen LogP contribution in [0.2, 0.25) is 0 Å². The Hall–Kier alpha value is -3.42. The van der Waals surface area contributed by atoms with E-state index in [1.54, 1.807) is 50.6 Å². The van der Waals surface area contributed by atoms with Crippen LogP contribution in [-0.4, -0.2) is 39.1 Å². The quantitative estimate of drug-likeness (QED) is 0.209. The minimum Gasteiger partial charge on any atom is -0.493 e. The second-order valence-electron chi connectivity index (χ2n) is 6.40. The average molecular weight is 402 g/mol. The number of amidine groups is 2. The molecule has 0 unspecified atom stereocenters. The fourth-order valence-electron chi connectivity index (χ4n) is 2.68.